The van der Waals surface area contributed by atoms with Crippen LogP contribution < -0.4 is 5.32 Å². The highest BCUT2D eigenvalue weighted by Gasteiger charge is 2.28. The molecule has 7 heteroatoms. The third kappa shape index (κ3) is 7.22. The van der Waals surface area contributed by atoms with Crippen molar-refractivity contribution in [3.05, 3.63) is 0 Å². The van der Waals surface area contributed by atoms with Crippen LogP contribution in [-0.4, -0.2) is 71.1 Å². The maximum atomic E-state index is 12.4. The zero-order valence-corrected chi connectivity index (χ0v) is 13.5. The molecule has 0 fully saturated rings. The molecular formula is C12H28N2O4S. The Balaban J connectivity index is 4.64. The Morgan fingerprint density at radius 2 is 1.53 bits per heavy atom. The van der Waals surface area contributed by atoms with E-state index < -0.39 is 15.3 Å². The van der Waals surface area contributed by atoms with E-state index in [0.29, 0.717) is 32.8 Å². The van der Waals surface area contributed by atoms with Gasteiger partial charge in [-0.05, 0) is 6.92 Å². The number of nitrogens with one attached hydrogen (secondary N) is 1. The van der Waals surface area contributed by atoms with E-state index in [-0.39, 0.29) is 6.04 Å². The number of rotatable bonds is 11. The molecule has 19 heavy (non-hydrogen) atoms. The van der Waals surface area contributed by atoms with Gasteiger partial charge in [0, 0.05) is 39.9 Å². The molecule has 0 aliphatic carbocycles. The average Bonchev–Trinajstić information content (AvgIpc) is 2.35. The second-order valence-corrected chi connectivity index (χ2v) is 7.15. The fourth-order valence-electron chi connectivity index (χ4n) is 1.51. The Kier molecular flexibility index (Phi) is 9.55. The number of methoxy groups -OCH3 is 2. The summed E-state index contributed by atoms with van der Waals surface area (Å²) in [6.07, 6.45) is 0. The smallest absolute Gasteiger partial charge is 0.218 e. The summed E-state index contributed by atoms with van der Waals surface area (Å²) >= 11 is 0. The summed E-state index contributed by atoms with van der Waals surface area (Å²) in [5.41, 5.74) is 0. The highest BCUT2D eigenvalue weighted by atomic mass is 32.2. The van der Waals surface area contributed by atoms with Gasteiger partial charge in [0.2, 0.25) is 10.0 Å². The molecule has 0 aliphatic heterocycles. The molecule has 1 atom stereocenters. The summed E-state index contributed by atoms with van der Waals surface area (Å²) in [5.74, 6) is 0. The molecule has 116 valence electrons. The van der Waals surface area contributed by atoms with Gasteiger partial charge in [0.25, 0.3) is 0 Å². The van der Waals surface area contributed by atoms with Crippen LogP contribution >= 0.6 is 0 Å². The molecule has 1 N–H and O–H groups in total. The first-order chi connectivity index (χ1) is 8.86. The van der Waals surface area contributed by atoms with Crippen molar-refractivity contribution in [1.82, 2.24) is 9.62 Å². The minimum atomic E-state index is -3.33. The minimum Gasteiger partial charge on any atom is -0.383 e. The summed E-state index contributed by atoms with van der Waals surface area (Å²) in [5, 5.41) is 2.68. The number of ether oxygens (including phenoxy) is 2. The van der Waals surface area contributed by atoms with E-state index in [4.69, 9.17) is 9.47 Å². The minimum absolute atomic E-state index is 0.268. The molecule has 0 amide bonds. The van der Waals surface area contributed by atoms with Gasteiger partial charge in [-0.1, -0.05) is 13.8 Å². The predicted molar refractivity (Wildman–Crippen MR) is 76.8 cm³/mol. The van der Waals surface area contributed by atoms with Crippen molar-refractivity contribution in [1.29, 1.82) is 0 Å². The van der Waals surface area contributed by atoms with Crippen LogP contribution in [0.25, 0.3) is 0 Å². The molecule has 0 aromatic heterocycles. The van der Waals surface area contributed by atoms with Crippen LogP contribution in [-0.2, 0) is 19.5 Å². The monoisotopic (exact) mass is 296 g/mol. The predicted octanol–water partition coefficient (Wildman–Crippen LogP) is 0.298. The molecule has 0 bridgehead atoms. The molecule has 0 aromatic carbocycles. The molecule has 0 rings (SSSR count). The van der Waals surface area contributed by atoms with Gasteiger partial charge in [0.1, 0.15) is 0 Å². The Morgan fingerprint density at radius 3 is 1.89 bits per heavy atom. The lowest BCUT2D eigenvalue weighted by Crippen LogP contribution is -2.45. The SMILES string of the molecule is COCCN(CCOC)S(=O)(=O)C(C)CNC(C)C. The molecule has 0 radical (unpaired) electrons. The highest BCUT2D eigenvalue weighted by Crippen LogP contribution is 2.08. The van der Waals surface area contributed by atoms with Gasteiger partial charge in [-0.15, -0.1) is 0 Å². The van der Waals surface area contributed by atoms with Gasteiger partial charge >= 0.3 is 0 Å². The van der Waals surface area contributed by atoms with E-state index in [1.807, 2.05) is 13.8 Å². The van der Waals surface area contributed by atoms with Gasteiger partial charge in [-0.25, -0.2) is 8.42 Å². The van der Waals surface area contributed by atoms with E-state index in [1.165, 1.54) is 4.31 Å². The van der Waals surface area contributed by atoms with Gasteiger partial charge in [0.05, 0.1) is 18.5 Å². The number of hydrogen-bond acceptors (Lipinski definition) is 5. The fraction of sp³-hybridized carbons (Fsp3) is 1.00. The lowest BCUT2D eigenvalue weighted by Gasteiger charge is -2.26. The molecule has 0 saturated carbocycles. The van der Waals surface area contributed by atoms with E-state index in [9.17, 15) is 8.42 Å². The topological polar surface area (TPSA) is 67.9 Å². The second kappa shape index (κ2) is 9.66. The van der Waals surface area contributed by atoms with E-state index in [1.54, 1.807) is 21.1 Å². The van der Waals surface area contributed by atoms with Crippen LogP contribution in [0.2, 0.25) is 0 Å². The van der Waals surface area contributed by atoms with Gasteiger partial charge in [-0.2, -0.15) is 4.31 Å². The Bertz CT molecular complexity index is 312. The zero-order chi connectivity index (χ0) is 14.9. The van der Waals surface area contributed by atoms with Crippen molar-refractivity contribution in [2.24, 2.45) is 0 Å². The van der Waals surface area contributed by atoms with Crippen molar-refractivity contribution in [3.63, 3.8) is 0 Å². The molecule has 6 nitrogen and oxygen atoms in total. The quantitative estimate of drug-likeness (QED) is 0.594. The third-order valence-electron chi connectivity index (χ3n) is 2.77. The maximum Gasteiger partial charge on any atom is 0.218 e. The van der Waals surface area contributed by atoms with Crippen molar-refractivity contribution in [3.8, 4) is 0 Å². The standard InChI is InChI=1S/C12H28N2O4S/c1-11(2)13-10-12(3)19(15,16)14(6-8-17-4)7-9-18-5/h11-13H,6-10H2,1-5H3. The van der Waals surface area contributed by atoms with Crippen LogP contribution in [0.5, 0.6) is 0 Å². The first kappa shape index (κ1) is 18.8. The average molecular weight is 296 g/mol. The third-order valence-corrected chi connectivity index (χ3v) is 5.04. The van der Waals surface area contributed by atoms with Crippen LogP contribution in [0.3, 0.4) is 0 Å². The van der Waals surface area contributed by atoms with E-state index in [2.05, 4.69) is 5.32 Å². The van der Waals surface area contributed by atoms with Crippen molar-refractivity contribution >= 4 is 10.0 Å². The maximum absolute atomic E-state index is 12.4. The first-order valence-corrected chi connectivity index (χ1v) is 8.06. The molecule has 0 heterocycles. The largest absolute Gasteiger partial charge is 0.383 e. The Labute approximate surface area is 117 Å². The fourth-order valence-corrected chi connectivity index (χ4v) is 2.99. The summed E-state index contributed by atoms with van der Waals surface area (Å²) in [6.45, 7) is 7.62. The number of sulfonamides is 1. The Hall–Kier alpha value is -0.210. The van der Waals surface area contributed by atoms with Crippen molar-refractivity contribution in [2.75, 3.05) is 47.1 Å². The second-order valence-electron chi connectivity index (χ2n) is 4.80. The molecular weight excluding hydrogens is 268 g/mol. The van der Waals surface area contributed by atoms with Gasteiger partial charge in [-0.3, -0.25) is 0 Å². The molecule has 0 saturated heterocycles. The van der Waals surface area contributed by atoms with Crippen LogP contribution in [0.1, 0.15) is 20.8 Å². The summed E-state index contributed by atoms with van der Waals surface area (Å²) in [4.78, 5) is 0. The van der Waals surface area contributed by atoms with Crippen molar-refractivity contribution in [2.45, 2.75) is 32.1 Å². The summed E-state index contributed by atoms with van der Waals surface area (Å²) < 4.78 is 36.2. The zero-order valence-electron chi connectivity index (χ0n) is 12.7. The lowest BCUT2D eigenvalue weighted by molar-refractivity contribution is 0.150. The molecule has 1 unspecified atom stereocenters. The molecule has 0 aliphatic rings. The van der Waals surface area contributed by atoms with Crippen molar-refractivity contribution < 1.29 is 17.9 Å². The highest BCUT2D eigenvalue weighted by molar-refractivity contribution is 7.89. The van der Waals surface area contributed by atoms with Crippen LogP contribution in [0.15, 0.2) is 0 Å². The molecule has 0 aromatic rings. The Morgan fingerprint density at radius 1 is 1.05 bits per heavy atom. The van der Waals surface area contributed by atoms with E-state index in [0.717, 1.165) is 0 Å². The number of nitrogens with zero attached hydrogens (tertiary/aromatic N) is 1. The van der Waals surface area contributed by atoms with Crippen LogP contribution in [0.4, 0.5) is 0 Å². The van der Waals surface area contributed by atoms with Gasteiger partial charge in [0.15, 0.2) is 0 Å². The van der Waals surface area contributed by atoms with Gasteiger partial charge < -0.3 is 14.8 Å². The van der Waals surface area contributed by atoms with Crippen LogP contribution in [0, 0.1) is 0 Å². The van der Waals surface area contributed by atoms with E-state index >= 15 is 0 Å². The normalized spacial score (nSPS) is 14.3. The number of hydrogen-bond donors (Lipinski definition) is 1. The summed E-state index contributed by atoms with van der Waals surface area (Å²) in [7, 11) is -0.210. The molecule has 0 spiro atoms. The summed E-state index contributed by atoms with van der Waals surface area (Å²) in [6, 6.07) is 0.268. The lowest BCUT2D eigenvalue weighted by atomic mass is 10.3. The first-order valence-electron chi connectivity index (χ1n) is 6.56.